The van der Waals surface area contributed by atoms with E-state index in [-0.39, 0.29) is 16.4 Å². The average molecular weight is 498 g/mol. The van der Waals surface area contributed by atoms with E-state index in [0.717, 1.165) is 15.6 Å². The zero-order chi connectivity index (χ0) is 22.4. The number of ether oxygens (including phenoxy) is 2. The van der Waals surface area contributed by atoms with Crippen molar-refractivity contribution >= 4 is 31.8 Å². The Morgan fingerprint density at radius 1 is 1.06 bits per heavy atom. The summed E-state index contributed by atoms with van der Waals surface area (Å²) in [7, 11) is -2.47. The van der Waals surface area contributed by atoms with Gasteiger partial charge in [0.25, 0.3) is 0 Å². The van der Waals surface area contributed by atoms with Crippen molar-refractivity contribution in [2.75, 3.05) is 7.11 Å². The molecule has 0 N–H and O–H groups in total. The molecule has 0 bridgehead atoms. The van der Waals surface area contributed by atoms with Crippen LogP contribution in [0.15, 0.2) is 81.0 Å². The van der Waals surface area contributed by atoms with E-state index in [1.54, 1.807) is 30.3 Å². The largest absolute Gasteiger partial charge is 0.493 e. The van der Waals surface area contributed by atoms with Gasteiger partial charge in [0.2, 0.25) is 9.84 Å². The van der Waals surface area contributed by atoms with E-state index < -0.39 is 9.84 Å². The number of benzene rings is 3. The normalized spacial score (nSPS) is 11.6. The van der Waals surface area contributed by atoms with Crippen LogP contribution in [0, 0.1) is 18.3 Å². The van der Waals surface area contributed by atoms with Gasteiger partial charge in [-0.3, -0.25) is 0 Å². The smallest absolute Gasteiger partial charge is 0.216 e. The molecule has 0 fully saturated rings. The summed E-state index contributed by atoms with van der Waals surface area (Å²) in [5.41, 5.74) is 2.29. The van der Waals surface area contributed by atoms with Gasteiger partial charge >= 0.3 is 0 Å². The molecule has 0 aromatic heterocycles. The maximum absolute atomic E-state index is 13.0. The summed E-state index contributed by atoms with van der Waals surface area (Å²) in [5.74, 6) is 0.802. The molecular formula is C24H20BrNO4S. The lowest BCUT2D eigenvalue weighted by Gasteiger charge is -2.14. The highest BCUT2D eigenvalue weighted by atomic mass is 79.9. The van der Waals surface area contributed by atoms with Gasteiger partial charge in [-0.2, -0.15) is 5.26 Å². The van der Waals surface area contributed by atoms with Crippen LogP contribution in [0.25, 0.3) is 6.08 Å². The highest BCUT2D eigenvalue weighted by Gasteiger charge is 2.22. The molecule has 3 rings (SSSR count). The molecule has 0 amide bonds. The van der Waals surface area contributed by atoms with Crippen LogP contribution < -0.4 is 9.47 Å². The molecule has 0 unspecified atom stereocenters. The zero-order valence-electron chi connectivity index (χ0n) is 17.0. The van der Waals surface area contributed by atoms with Crippen molar-refractivity contribution in [3.63, 3.8) is 0 Å². The van der Waals surface area contributed by atoms with E-state index in [2.05, 4.69) is 15.9 Å². The van der Waals surface area contributed by atoms with Crippen LogP contribution in [0.3, 0.4) is 0 Å². The quantitative estimate of drug-likeness (QED) is 0.392. The molecule has 0 atom stereocenters. The predicted octanol–water partition coefficient (Wildman–Crippen LogP) is 5.68. The third kappa shape index (κ3) is 5.35. The summed E-state index contributed by atoms with van der Waals surface area (Å²) in [6.45, 7) is 2.11. The van der Waals surface area contributed by atoms with Gasteiger partial charge in [-0.15, -0.1) is 0 Å². The fraction of sp³-hybridized carbons (Fsp3) is 0.125. The molecule has 0 saturated carbocycles. The minimum absolute atomic E-state index is 0.0612. The van der Waals surface area contributed by atoms with Gasteiger partial charge < -0.3 is 9.47 Å². The number of nitrogens with zero attached hydrogens (tertiary/aromatic N) is 1. The first-order chi connectivity index (χ1) is 14.8. The van der Waals surface area contributed by atoms with Gasteiger partial charge in [-0.05, 0) is 48.9 Å². The Morgan fingerprint density at radius 2 is 1.74 bits per heavy atom. The molecule has 0 heterocycles. The number of hydrogen-bond donors (Lipinski definition) is 0. The van der Waals surface area contributed by atoms with Gasteiger partial charge in [-0.25, -0.2) is 8.42 Å². The van der Waals surface area contributed by atoms with Crippen LogP contribution in [-0.2, 0) is 16.4 Å². The van der Waals surface area contributed by atoms with Gasteiger partial charge in [-0.1, -0.05) is 57.9 Å². The molecule has 31 heavy (non-hydrogen) atoms. The van der Waals surface area contributed by atoms with Crippen LogP contribution in [0.4, 0.5) is 0 Å². The molecule has 3 aromatic rings. The predicted molar refractivity (Wildman–Crippen MR) is 123 cm³/mol. The van der Waals surface area contributed by atoms with E-state index in [1.807, 2.05) is 37.3 Å². The third-order valence-electron chi connectivity index (χ3n) is 4.54. The van der Waals surface area contributed by atoms with E-state index in [1.165, 1.54) is 25.3 Å². The first-order valence-electron chi connectivity index (χ1n) is 9.33. The van der Waals surface area contributed by atoms with Crippen molar-refractivity contribution in [2.24, 2.45) is 0 Å². The van der Waals surface area contributed by atoms with Crippen LogP contribution in [-0.4, -0.2) is 15.5 Å². The van der Waals surface area contributed by atoms with Crippen molar-refractivity contribution in [3.8, 4) is 17.6 Å². The Kier molecular flexibility index (Phi) is 7.16. The first-order valence-corrected chi connectivity index (χ1v) is 11.6. The van der Waals surface area contributed by atoms with Crippen molar-refractivity contribution < 1.29 is 17.9 Å². The second-order valence-corrected chi connectivity index (χ2v) is 9.56. The molecule has 0 spiro atoms. The maximum Gasteiger partial charge on any atom is 0.216 e. The Hall–Kier alpha value is -3.08. The number of rotatable bonds is 7. The fourth-order valence-corrected chi connectivity index (χ4v) is 4.27. The molecule has 7 heteroatoms. The van der Waals surface area contributed by atoms with Gasteiger partial charge in [0.05, 0.1) is 12.0 Å². The standard InChI is InChI=1S/C24H20BrNO4S/c1-17-6-12-21(13-7-17)31(27,28)22(15-26)14-19-4-3-5-23(29-2)24(19)30-16-18-8-10-20(25)11-9-18/h3-14H,16H2,1-2H3. The van der Waals surface area contributed by atoms with E-state index >= 15 is 0 Å². The van der Waals surface area contributed by atoms with Gasteiger partial charge in [0, 0.05) is 10.0 Å². The third-order valence-corrected chi connectivity index (χ3v) is 6.75. The summed E-state index contributed by atoms with van der Waals surface area (Å²) in [6, 6.07) is 20.9. The monoisotopic (exact) mass is 497 g/mol. The average Bonchev–Trinajstić information content (AvgIpc) is 2.77. The lowest BCUT2D eigenvalue weighted by molar-refractivity contribution is 0.284. The number of nitriles is 1. The molecular weight excluding hydrogens is 478 g/mol. The minimum atomic E-state index is -3.98. The lowest BCUT2D eigenvalue weighted by atomic mass is 10.1. The summed E-state index contributed by atoms with van der Waals surface area (Å²) in [6.07, 6.45) is 1.31. The zero-order valence-corrected chi connectivity index (χ0v) is 19.4. The molecule has 0 saturated heterocycles. The molecule has 0 aliphatic rings. The highest BCUT2D eigenvalue weighted by molar-refractivity contribution is 9.10. The number of hydrogen-bond acceptors (Lipinski definition) is 5. The van der Waals surface area contributed by atoms with Crippen molar-refractivity contribution in [2.45, 2.75) is 18.4 Å². The number of methoxy groups -OCH3 is 1. The first kappa shape index (κ1) is 22.6. The number of aryl methyl sites for hydroxylation is 1. The number of sulfone groups is 1. The molecule has 0 radical (unpaired) electrons. The fourth-order valence-electron chi connectivity index (χ4n) is 2.85. The van der Waals surface area contributed by atoms with Crippen LogP contribution in [0.1, 0.15) is 16.7 Å². The SMILES string of the molecule is COc1cccc(C=C(C#N)S(=O)(=O)c2ccc(C)cc2)c1OCc1ccc(Br)cc1. The van der Waals surface area contributed by atoms with Crippen LogP contribution in [0.5, 0.6) is 11.5 Å². The van der Waals surface area contributed by atoms with Crippen molar-refractivity contribution in [1.82, 2.24) is 0 Å². The van der Waals surface area contributed by atoms with E-state index in [9.17, 15) is 13.7 Å². The summed E-state index contributed by atoms with van der Waals surface area (Å²) >= 11 is 3.40. The Morgan fingerprint density at radius 3 is 2.35 bits per heavy atom. The molecule has 5 nitrogen and oxygen atoms in total. The lowest BCUT2D eigenvalue weighted by Crippen LogP contribution is -2.04. The Balaban J connectivity index is 2.00. The molecule has 0 aliphatic carbocycles. The second-order valence-electron chi connectivity index (χ2n) is 6.73. The molecule has 3 aromatic carbocycles. The van der Waals surface area contributed by atoms with Gasteiger partial charge in [0.15, 0.2) is 11.5 Å². The topological polar surface area (TPSA) is 76.4 Å². The van der Waals surface area contributed by atoms with Crippen LogP contribution >= 0.6 is 15.9 Å². The maximum atomic E-state index is 13.0. The Labute approximate surface area is 190 Å². The highest BCUT2D eigenvalue weighted by Crippen LogP contribution is 2.34. The minimum Gasteiger partial charge on any atom is -0.493 e. The van der Waals surface area contributed by atoms with Crippen molar-refractivity contribution in [3.05, 3.63) is 92.8 Å². The number of allylic oxidation sites excluding steroid dienone is 1. The van der Waals surface area contributed by atoms with Gasteiger partial charge in [0.1, 0.15) is 17.6 Å². The van der Waals surface area contributed by atoms with Crippen LogP contribution in [0.2, 0.25) is 0 Å². The summed E-state index contributed by atoms with van der Waals surface area (Å²) in [4.78, 5) is -0.316. The summed E-state index contributed by atoms with van der Waals surface area (Å²) < 4.78 is 38.3. The molecule has 0 aliphatic heterocycles. The number of para-hydroxylation sites is 1. The van der Waals surface area contributed by atoms with E-state index in [0.29, 0.717) is 17.1 Å². The van der Waals surface area contributed by atoms with Crippen molar-refractivity contribution in [1.29, 1.82) is 5.26 Å². The Bertz CT molecular complexity index is 1240. The van der Waals surface area contributed by atoms with E-state index in [4.69, 9.17) is 9.47 Å². The summed E-state index contributed by atoms with van der Waals surface area (Å²) in [5, 5.41) is 9.62. The second kappa shape index (κ2) is 9.82. The number of halogens is 1. The molecule has 158 valence electrons.